The van der Waals surface area contributed by atoms with Gasteiger partial charge in [-0.3, -0.25) is 4.22 Å². The summed E-state index contributed by atoms with van der Waals surface area (Å²) in [4.78, 5) is 2.13. The average Bonchev–Trinajstić information content (AvgIpc) is 2.73. The second-order valence-electron chi connectivity index (χ2n) is 6.91. The van der Waals surface area contributed by atoms with E-state index < -0.39 is 8.59 Å². The van der Waals surface area contributed by atoms with Crippen LogP contribution in [0.3, 0.4) is 0 Å². The minimum absolute atomic E-state index is 0.218. The summed E-state index contributed by atoms with van der Waals surface area (Å²) >= 11 is 0. The Morgan fingerprint density at radius 2 is 1.65 bits per heavy atom. The Morgan fingerprint density at radius 3 is 2.26 bits per heavy atom. The highest BCUT2D eigenvalue weighted by Crippen LogP contribution is 2.38. The van der Waals surface area contributed by atoms with E-state index in [9.17, 15) is 0 Å². The molecule has 0 bridgehead atoms. The van der Waals surface area contributed by atoms with Gasteiger partial charge in [-0.15, -0.1) is 0 Å². The van der Waals surface area contributed by atoms with Crippen LogP contribution in [0.2, 0.25) is 0 Å². The van der Waals surface area contributed by atoms with E-state index in [0.29, 0.717) is 0 Å². The van der Waals surface area contributed by atoms with Crippen LogP contribution in [-0.4, -0.2) is 33.9 Å². The molecule has 2 aromatic carbocycles. The monoisotopic (exact) mass is 321 g/mol. The Morgan fingerprint density at radius 1 is 1.00 bits per heavy atom. The van der Waals surface area contributed by atoms with Crippen molar-refractivity contribution in [2.45, 2.75) is 18.9 Å². The van der Waals surface area contributed by atoms with E-state index in [1.807, 2.05) is 0 Å². The molecule has 118 valence electrons. The summed E-state index contributed by atoms with van der Waals surface area (Å²) in [6, 6.07) is 17.6. The summed E-state index contributed by atoms with van der Waals surface area (Å²) in [5.41, 5.74) is 7.81. The zero-order valence-corrected chi connectivity index (χ0v) is 15.7. The molecule has 0 fully saturated rings. The van der Waals surface area contributed by atoms with Crippen LogP contribution in [0, 0.1) is 0 Å². The highest BCUT2D eigenvalue weighted by Gasteiger charge is 2.44. The summed E-state index contributed by atoms with van der Waals surface area (Å²) in [6.45, 7) is 4.76. The van der Waals surface area contributed by atoms with Gasteiger partial charge in [0.2, 0.25) is 0 Å². The van der Waals surface area contributed by atoms with E-state index >= 15 is 0 Å². The fraction of sp³-hybridized carbons (Fsp3) is 0.300. The molecule has 2 nitrogen and oxygen atoms in total. The van der Waals surface area contributed by atoms with Gasteiger partial charge in [0.1, 0.15) is 7.05 Å². The van der Waals surface area contributed by atoms with E-state index in [-0.39, 0.29) is 5.04 Å². The van der Waals surface area contributed by atoms with Crippen LogP contribution >= 0.6 is 0 Å². The molecule has 1 aliphatic heterocycles. The smallest absolute Gasteiger partial charge is 0.378 e. The lowest BCUT2D eigenvalue weighted by atomic mass is 10.0. The Kier molecular flexibility index (Phi) is 4.07. The van der Waals surface area contributed by atoms with Crippen molar-refractivity contribution in [3.05, 3.63) is 65.4 Å². The van der Waals surface area contributed by atoms with Gasteiger partial charge in [-0.1, -0.05) is 36.4 Å². The summed E-state index contributed by atoms with van der Waals surface area (Å²) in [6.07, 6.45) is 2.29. The molecular formula is C20H25N2Si+. The lowest BCUT2D eigenvalue weighted by Gasteiger charge is -2.13. The SMILES string of the molecule is CN(C)c1ccc(C=C[Si]2=[N+](C)c3ccccc3C2(C)C)cc1. The summed E-state index contributed by atoms with van der Waals surface area (Å²) in [5, 5.41) is 0.218. The van der Waals surface area contributed by atoms with Crippen LogP contribution < -0.4 is 4.90 Å². The first kappa shape index (κ1) is 15.9. The van der Waals surface area contributed by atoms with Crippen LogP contribution in [-0.2, 0) is 5.04 Å². The number of nitrogens with zero attached hydrogens (tertiary/aromatic N) is 2. The van der Waals surface area contributed by atoms with Crippen molar-refractivity contribution >= 4 is 26.0 Å². The van der Waals surface area contributed by atoms with Crippen LogP contribution in [0.25, 0.3) is 6.08 Å². The zero-order chi connectivity index (χ0) is 16.6. The second kappa shape index (κ2) is 5.89. The Hall–Kier alpha value is -2.00. The first-order chi connectivity index (χ1) is 10.9. The van der Waals surface area contributed by atoms with Gasteiger partial charge >= 0.3 is 8.59 Å². The molecule has 2 aromatic rings. The van der Waals surface area contributed by atoms with Crippen molar-refractivity contribution in [2.24, 2.45) is 0 Å². The molecule has 0 N–H and O–H groups in total. The molecule has 1 aliphatic rings. The third-order valence-electron chi connectivity index (χ3n) is 4.78. The van der Waals surface area contributed by atoms with Gasteiger partial charge < -0.3 is 4.90 Å². The van der Waals surface area contributed by atoms with Gasteiger partial charge in [0.25, 0.3) is 0 Å². The quantitative estimate of drug-likeness (QED) is 0.761. The fourth-order valence-electron chi connectivity index (χ4n) is 3.36. The number of hydrogen-bond acceptors (Lipinski definition) is 1. The van der Waals surface area contributed by atoms with E-state index in [1.54, 1.807) is 0 Å². The van der Waals surface area contributed by atoms with E-state index in [1.165, 1.54) is 22.5 Å². The minimum atomic E-state index is -0.805. The van der Waals surface area contributed by atoms with E-state index in [4.69, 9.17) is 0 Å². The summed E-state index contributed by atoms with van der Waals surface area (Å²) in [7, 11) is 5.58. The maximum atomic E-state index is 2.49. The third-order valence-corrected chi connectivity index (χ3v) is 7.78. The second-order valence-corrected chi connectivity index (χ2v) is 9.93. The molecule has 0 amide bonds. The average molecular weight is 322 g/mol. The molecule has 3 heteroatoms. The van der Waals surface area contributed by atoms with Crippen molar-refractivity contribution in [1.82, 2.24) is 0 Å². The van der Waals surface area contributed by atoms with Gasteiger partial charge in [-0.2, -0.15) is 0 Å². The Bertz CT molecular complexity index is 784. The molecule has 0 saturated carbocycles. The number of anilines is 1. The predicted molar refractivity (Wildman–Crippen MR) is 101 cm³/mol. The molecular weight excluding hydrogens is 296 g/mol. The fourth-order valence-corrected chi connectivity index (χ4v) is 6.13. The maximum absolute atomic E-state index is 2.49. The molecule has 0 aliphatic carbocycles. The molecule has 0 saturated heterocycles. The maximum Gasteiger partial charge on any atom is 0.384 e. The van der Waals surface area contributed by atoms with Crippen molar-refractivity contribution in [1.29, 1.82) is 0 Å². The van der Waals surface area contributed by atoms with Crippen LogP contribution in [0.5, 0.6) is 0 Å². The normalized spacial score (nSPS) is 16.0. The molecule has 0 unspecified atom stereocenters. The third kappa shape index (κ3) is 2.81. The number of para-hydroxylation sites is 1. The number of fused-ring (bicyclic) bond motifs is 1. The Balaban J connectivity index is 1.92. The van der Waals surface area contributed by atoms with Crippen molar-refractivity contribution < 1.29 is 4.22 Å². The summed E-state index contributed by atoms with van der Waals surface area (Å²) < 4.78 is 2.49. The van der Waals surface area contributed by atoms with E-state index in [2.05, 4.69) is 104 Å². The van der Waals surface area contributed by atoms with Crippen LogP contribution in [0.4, 0.5) is 11.4 Å². The molecule has 1 heterocycles. The molecule has 0 atom stereocenters. The zero-order valence-electron chi connectivity index (χ0n) is 14.7. The highest BCUT2D eigenvalue weighted by molar-refractivity contribution is 6.55. The lowest BCUT2D eigenvalue weighted by Crippen LogP contribution is -2.29. The summed E-state index contributed by atoms with van der Waals surface area (Å²) in [5.74, 6) is 0. The molecule has 23 heavy (non-hydrogen) atoms. The first-order valence-corrected chi connectivity index (χ1v) is 9.60. The van der Waals surface area contributed by atoms with Gasteiger partial charge in [-0.25, -0.2) is 0 Å². The van der Waals surface area contributed by atoms with Crippen molar-refractivity contribution in [2.75, 3.05) is 26.0 Å². The topological polar surface area (TPSA) is 6.25 Å². The van der Waals surface area contributed by atoms with Gasteiger partial charge in [0.15, 0.2) is 5.69 Å². The van der Waals surface area contributed by atoms with E-state index in [0.717, 1.165) is 0 Å². The molecule has 0 aromatic heterocycles. The van der Waals surface area contributed by atoms with Gasteiger partial charge in [0.05, 0.1) is 5.04 Å². The number of benzene rings is 2. The Labute approximate surface area is 141 Å². The number of rotatable bonds is 3. The standard InChI is InChI=1S/C20H25N2Si/c1-20(2)18-8-6-7-9-19(18)22(5)23(20)15-14-16-10-12-17(13-11-16)21(3)4/h6-15H,1-5H3/q+1. The molecule has 0 radical (unpaired) electrons. The van der Waals surface area contributed by atoms with Gasteiger partial charge in [0, 0.05) is 31.4 Å². The minimum Gasteiger partial charge on any atom is -0.378 e. The highest BCUT2D eigenvalue weighted by atomic mass is 28.2. The van der Waals surface area contributed by atoms with Crippen molar-refractivity contribution in [3.63, 3.8) is 0 Å². The lowest BCUT2D eigenvalue weighted by molar-refractivity contribution is -0.389. The molecule has 3 rings (SSSR count). The van der Waals surface area contributed by atoms with Crippen LogP contribution in [0.1, 0.15) is 25.0 Å². The number of hydrogen-bond donors (Lipinski definition) is 0. The largest absolute Gasteiger partial charge is 0.384 e. The molecule has 0 spiro atoms. The first-order valence-electron chi connectivity index (χ1n) is 8.07. The van der Waals surface area contributed by atoms with Gasteiger partial charge in [-0.05, 0) is 37.2 Å². The van der Waals surface area contributed by atoms with Crippen LogP contribution in [0.15, 0.2) is 54.2 Å². The van der Waals surface area contributed by atoms with Crippen molar-refractivity contribution in [3.8, 4) is 0 Å². The predicted octanol–water partition coefficient (Wildman–Crippen LogP) is 4.37.